The van der Waals surface area contributed by atoms with E-state index in [0.29, 0.717) is 12.1 Å². The highest BCUT2D eigenvalue weighted by molar-refractivity contribution is 5.94. The van der Waals surface area contributed by atoms with Gasteiger partial charge in [-0.3, -0.25) is 19.4 Å². The van der Waals surface area contributed by atoms with E-state index in [2.05, 4.69) is 14.9 Å². The number of carbonyl (C=O) groups excluding carboxylic acids is 1. The van der Waals surface area contributed by atoms with Gasteiger partial charge in [-0.1, -0.05) is 0 Å². The molecule has 178 valence electrons. The van der Waals surface area contributed by atoms with Crippen molar-refractivity contribution in [2.75, 3.05) is 31.1 Å². The molecule has 33 heavy (non-hydrogen) atoms. The minimum atomic E-state index is -0.401. The van der Waals surface area contributed by atoms with Crippen LogP contribution in [0.15, 0.2) is 42.9 Å². The Morgan fingerprint density at radius 2 is 1.64 bits per heavy atom. The van der Waals surface area contributed by atoms with Crippen molar-refractivity contribution in [1.29, 1.82) is 0 Å². The Balaban J connectivity index is 0.000000582. The topological polar surface area (TPSA) is 144 Å². The van der Waals surface area contributed by atoms with E-state index in [9.17, 15) is 9.90 Å². The van der Waals surface area contributed by atoms with Gasteiger partial charge in [0.2, 0.25) is 0 Å². The number of amides is 1. The van der Waals surface area contributed by atoms with Gasteiger partial charge in [-0.25, -0.2) is 4.98 Å². The number of aliphatic hydroxyl groups is 1. The minimum absolute atomic E-state index is 0.0893. The van der Waals surface area contributed by atoms with E-state index in [1.54, 1.807) is 24.7 Å². The van der Waals surface area contributed by atoms with Gasteiger partial charge in [0, 0.05) is 56.3 Å². The van der Waals surface area contributed by atoms with Crippen molar-refractivity contribution in [3.63, 3.8) is 0 Å². The van der Waals surface area contributed by atoms with Crippen LogP contribution >= 0.6 is 0 Å². The van der Waals surface area contributed by atoms with Crippen LogP contribution in [0.5, 0.6) is 0 Å². The molecule has 4 heterocycles. The molecule has 0 bridgehead atoms. The molecule has 0 aromatic carbocycles. The van der Waals surface area contributed by atoms with Gasteiger partial charge in [0.25, 0.3) is 18.9 Å². The van der Waals surface area contributed by atoms with E-state index in [1.165, 1.54) is 12.0 Å². The number of likely N-dealkylation sites (tertiary alicyclic amines) is 1. The van der Waals surface area contributed by atoms with E-state index < -0.39 is 6.10 Å². The molecule has 2 saturated heterocycles. The van der Waals surface area contributed by atoms with Crippen LogP contribution in [0.1, 0.15) is 35.2 Å². The highest BCUT2D eigenvalue weighted by Crippen LogP contribution is 2.26. The number of aliphatic hydroxyl groups excluding tert-OH is 1. The molecule has 2 aliphatic rings. The monoisotopic (exact) mass is 458 g/mol. The summed E-state index contributed by atoms with van der Waals surface area (Å²) in [7, 11) is 0. The molecule has 0 saturated carbocycles. The third kappa shape index (κ3) is 7.83. The SMILES string of the molecule is O=C(c1ccnc(N2C[C@@H](Cc3ccncc3)[C@@H](O)C2)c1)N1CCCCC1.O=CO.O=CO. The molecule has 2 aliphatic heterocycles. The Labute approximate surface area is 192 Å². The average Bonchev–Trinajstić information content (AvgIpc) is 3.21. The third-order valence-corrected chi connectivity index (χ3v) is 5.61. The fraction of sp³-hybridized carbons (Fsp3) is 0.435. The summed E-state index contributed by atoms with van der Waals surface area (Å²) in [5.41, 5.74) is 1.87. The molecule has 2 atom stereocenters. The van der Waals surface area contributed by atoms with Gasteiger partial charge >= 0.3 is 0 Å². The van der Waals surface area contributed by atoms with Crippen LogP contribution in [-0.4, -0.2) is 81.3 Å². The normalized spacial score (nSPS) is 19.4. The first kappa shape index (κ1) is 25.7. The molecule has 2 aromatic heterocycles. The first-order chi connectivity index (χ1) is 16.0. The second-order valence-corrected chi connectivity index (χ2v) is 7.76. The predicted octanol–water partition coefficient (Wildman–Crippen LogP) is 1.54. The van der Waals surface area contributed by atoms with Crippen molar-refractivity contribution in [2.45, 2.75) is 31.8 Å². The molecule has 10 heteroatoms. The molecule has 1 amide bonds. The quantitative estimate of drug-likeness (QED) is 0.581. The lowest BCUT2D eigenvalue weighted by Gasteiger charge is -2.27. The van der Waals surface area contributed by atoms with Crippen LogP contribution in [0.3, 0.4) is 0 Å². The molecular formula is C23H30N4O6. The van der Waals surface area contributed by atoms with Gasteiger partial charge in [-0.05, 0) is 55.5 Å². The summed E-state index contributed by atoms with van der Waals surface area (Å²) in [6.45, 7) is 2.46. The Hall–Kier alpha value is -3.53. The van der Waals surface area contributed by atoms with Crippen molar-refractivity contribution in [1.82, 2.24) is 14.9 Å². The zero-order chi connectivity index (χ0) is 24.1. The van der Waals surface area contributed by atoms with Crippen molar-refractivity contribution in [3.05, 3.63) is 54.0 Å². The van der Waals surface area contributed by atoms with Crippen molar-refractivity contribution in [3.8, 4) is 0 Å². The van der Waals surface area contributed by atoms with E-state index >= 15 is 0 Å². The summed E-state index contributed by atoms with van der Waals surface area (Å²) in [5.74, 6) is 1.01. The Morgan fingerprint density at radius 1 is 1.00 bits per heavy atom. The zero-order valence-corrected chi connectivity index (χ0v) is 18.4. The highest BCUT2D eigenvalue weighted by atomic mass is 16.3. The van der Waals surface area contributed by atoms with Gasteiger partial charge in [-0.15, -0.1) is 0 Å². The number of carboxylic acid groups (broad SMARTS) is 2. The first-order valence-corrected chi connectivity index (χ1v) is 10.8. The van der Waals surface area contributed by atoms with E-state index in [4.69, 9.17) is 19.8 Å². The molecule has 0 aliphatic carbocycles. The van der Waals surface area contributed by atoms with Crippen molar-refractivity contribution in [2.24, 2.45) is 5.92 Å². The van der Waals surface area contributed by atoms with Gasteiger partial charge in [0.15, 0.2) is 0 Å². The molecule has 2 aromatic rings. The maximum absolute atomic E-state index is 12.8. The summed E-state index contributed by atoms with van der Waals surface area (Å²) >= 11 is 0. The van der Waals surface area contributed by atoms with Crippen molar-refractivity contribution < 1.29 is 29.7 Å². The molecule has 2 fully saturated rings. The second-order valence-electron chi connectivity index (χ2n) is 7.76. The fourth-order valence-corrected chi connectivity index (χ4v) is 4.07. The number of aromatic nitrogens is 2. The Morgan fingerprint density at radius 3 is 2.27 bits per heavy atom. The fourth-order valence-electron chi connectivity index (χ4n) is 4.07. The molecule has 10 nitrogen and oxygen atoms in total. The summed E-state index contributed by atoms with van der Waals surface area (Å²) in [6.07, 6.45) is 9.05. The number of β-amino-alcohol motifs (C(OH)–C–C–N with tert-alkyl or cyclic N) is 1. The molecular weight excluding hydrogens is 428 g/mol. The predicted molar refractivity (Wildman–Crippen MR) is 121 cm³/mol. The third-order valence-electron chi connectivity index (χ3n) is 5.61. The van der Waals surface area contributed by atoms with Crippen LogP contribution in [0, 0.1) is 5.92 Å². The second kappa shape index (κ2) is 13.8. The molecule has 0 spiro atoms. The van der Waals surface area contributed by atoms with Gasteiger partial charge < -0.3 is 25.1 Å². The number of hydrogen-bond acceptors (Lipinski definition) is 7. The molecule has 0 unspecified atom stereocenters. The molecule has 3 N–H and O–H groups in total. The lowest BCUT2D eigenvalue weighted by molar-refractivity contribution is -0.123. The lowest BCUT2D eigenvalue weighted by Crippen LogP contribution is -2.35. The van der Waals surface area contributed by atoms with E-state index in [-0.39, 0.29) is 24.8 Å². The Bertz CT molecular complexity index is 870. The van der Waals surface area contributed by atoms with Crippen LogP contribution in [-0.2, 0) is 16.0 Å². The number of hydrogen-bond donors (Lipinski definition) is 3. The number of anilines is 1. The standard InChI is InChI=1S/C21H26N4O2.2CH2O2/c26-19-15-25(14-18(19)12-16-4-7-22-8-5-16)20-13-17(6-9-23-20)21(27)24-10-2-1-3-11-24;2*2-1-3/h4-9,13,18-19,26H,1-3,10-12,14-15H2;2*1H,(H,2,3)/t18-,19+;;/m1../s1. The van der Waals surface area contributed by atoms with Gasteiger partial charge in [0.1, 0.15) is 5.82 Å². The van der Waals surface area contributed by atoms with E-state index in [1.807, 2.05) is 23.1 Å². The van der Waals surface area contributed by atoms with Crippen LogP contribution in [0.2, 0.25) is 0 Å². The lowest BCUT2D eigenvalue weighted by atomic mass is 9.97. The number of nitrogens with zero attached hydrogens (tertiary/aromatic N) is 4. The number of rotatable bonds is 4. The maximum Gasteiger partial charge on any atom is 0.290 e. The summed E-state index contributed by atoms with van der Waals surface area (Å²) < 4.78 is 0. The number of piperidine rings is 1. The van der Waals surface area contributed by atoms with Crippen molar-refractivity contribution >= 4 is 24.7 Å². The van der Waals surface area contributed by atoms with Crippen LogP contribution in [0.25, 0.3) is 0 Å². The van der Waals surface area contributed by atoms with Gasteiger partial charge in [0.05, 0.1) is 6.10 Å². The maximum atomic E-state index is 12.8. The highest BCUT2D eigenvalue weighted by Gasteiger charge is 2.32. The minimum Gasteiger partial charge on any atom is -0.483 e. The van der Waals surface area contributed by atoms with Gasteiger partial charge in [-0.2, -0.15) is 0 Å². The van der Waals surface area contributed by atoms with E-state index in [0.717, 1.165) is 44.7 Å². The number of carbonyl (C=O) groups is 3. The average molecular weight is 459 g/mol. The van der Waals surface area contributed by atoms with Crippen LogP contribution < -0.4 is 4.90 Å². The Kier molecular flexibility index (Phi) is 10.8. The summed E-state index contributed by atoms with van der Waals surface area (Å²) in [6, 6.07) is 7.65. The molecule has 0 radical (unpaired) electrons. The smallest absolute Gasteiger partial charge is 0.290 e. The first-order valence-electron chi connectivity index (χ1n) is 10.8. The summed E-state index contributed by atoms with van der Waals surface area (Å²) in [5, 5.41) is 24.3. The number of pyridine rings is 2. The van der Waals surface area contributed by atoms with Crippen LogP contribution in [0.4, 0.5) is 5.82 Å². The largest absolute Gasteiger partial charge is 0.483 e. The zero-order valence-electron chi connectivity index (χ0n) is 18.4. The summed E-state index contributed by atoms with van der Waals surface area (Å²) in [4.78, 5) is 42.0. The molecule has 4 rings (SSSR count).